The number of fused-ring (bicyclic) bond motifs is 1. The van der Waals surface area contributed by atoms with Gasteiger partial charge >= 0.3 is 0 Å². The van der Waals surface area contributed by atoms with Gasteiger partial charge < -0.3 is 10.6 Å². The molecule has 1 amide bonds. The first-order chi connectivity index (χ1) is 9.63. The number of pyridine rings is 1. The Balaban J connectivity index is 1.86. The molecule has 2 N–H and O–H groups in total. The summed E-state index contributed by atoms with van der Waals surface area (Å²) in [5.41, 5.74) is 8.63. The fraction of sp³-hybridized carbons (Fsp3) is 0.200. The summed E-state index contributed by atoms with van der Waals surface area (Å²) in [6.45, 7) is 1.32. The van der Waals surface area contributed by atoms with Crippen molar-refractivity contribution in [2.45, 2.75) is 13.0 Å². The number of rotatable bonds is 1. The van der Waals surface area contributed by atoms with Crippen LogP contribution in [-0.4, -0.2) is 22.3 Å². The van der Waals surface area contributed by atoms with Crippen molar-refractivity contribution < 1.29 is 4.79 Å². The molecule has 0 bridgehead atoms. The number of hydrogen-bond donors (Lipinski definition) is 1. The van der Waals surface area contributed by atoms with Gasteiger partial charge in [-0.05, 0) is 29.7 Å². The summed E-state index contributed by atoms with van der Waals surface area (Å²) >= 11 is 5.85. The molecule has 1 aromatic carbocycles. The molecule has 0 saturated heterocycles. The number of aromatic nitrogens is 1. The van der Waals surface area contributed by atoms with Crippen molar-refractivity contribution in [1.29, 1.82) is 0 Å². The molecule has 0 aliphatic carbocycles. The van der Waals surface area contributed by atoms with Gasteiger partial charge in [0.25, 0.3) is 5.91 Å². The van der Waals surface area contributed by atoms with Gasteiger partial charge in [0.2, 0.25) is 0 Å². The Kier molecular flexibility index (Phi) is 3.32. The van der Waals surface area contributed by atoms with Crippen LogP contribution in [0.3, 0.4) is 0 Å². The highest BCUT2D eigenvalue weighted by atomic mass is 35.5. The first-order valence-electron chi connectivity index (χ1n) is 6.42. The zero-order chi connectivity index (χ0) is 14.1. The monoisotopic (exact) mass is 287 g/mol. The highest BCUT2D eigenvalue weighted by Crippen LogP contribution is 2.21. The van der Waals surface area contributed by atoms with Gasteiger partial charge in [-0.25, -0.2) is 4.98 Å². The van der Waals surface area contributed by atoms with Crippen LogP contribution in [0.5, 0.6) is 0 Å². The predicted molar refractivity (Wildman–Crippen MR) is 78.5 cm³/mol. The number of halogens is 1. The van der Waals surface area contributed by atoms with E-state index >= 15 is 0 Å². The summed E-state index contributed by atoms with van der Waals surface area (Å²) in [4.78, 5) is 18.2. The van der Waals surface area contributed by atoms with Crippen LogP contribution < -0.4 is 5.73 Å². The van der Waals surface area contributed by atoms with E-state index in [1.165, 1.54) is 11.1 Å². The van der Waals surface area contributed by atoms with Gasteiger partial charge in [0.05, 0.1) is 0 Å². The molecule has 0 unspecified atom stereocenters. The topological polar surface area (TPSA) is 59.2 Å². The molecular weight excluding hydrogens is 274 g/mol. The zero-order valence-corrected chi connectivity index (χ0v) is 11.6. The van der Waals surface area contributed by atoms with Crippen molar-refractivity contribution in [1.82, 2.24) is 9.88 Å². The van der Waals surface area contributed by atoms with Crippen LogP contribution in [0.25, 0.3) is 0 Å². The number of nitrogen functional groups attached to an aromatic ring is 1. The highest BCUT2D eigenvalue weighted by Gasteiger charge is 2.22. The van der Waals surface area contributed by atoms with Gasteiger partial charge in [-0.1, -0.05) is 35.9 Å². The van der Waals surface area contributed by atoms with Crippen LogP contribution >= 0.6 is 11.6 Å². The van der Waals surface area contributed by atoms with E-state index in [0.717, 1.165) is 6.42 Å². The molecule has 4 nitrogen and oxygen atoms in total. The van der Waals surface area contributed by atoms with Crippen molar-refractivity contribution in [2.24, 2.45) is 0 Å². The van der Waals surface area contributed by atoms with E-state index in [1.54, 1.807) is 12.1 Å². The summed E-state index contributed by atoms with van der Waals surface area (Å²) in [6.07, 6.45) is 0.871. The molecule has 102 valence electrons. The molecule has 1 aliphatic heterocycles. The first-order valence-corrected chi connectivity index (χ1v) is 6.80. The minimum atomic E-state index is -0.0597. The minimum absolute atomic E-state index is 0.0597. The lowest BCUT2D eigenvalue weighted by Gasteiger charge is -2.29. The van der Waals surface area contributed by atoms with Crippen LogP contribution in [0.4, 0.5) is 5.82 Å². The Morgan fingerprint density at radius 2 is 2.00 bits per heavy atom. The van der Waals surface area contributed by atoms with E-state index in [1.807, 2.05) is 17.0 Å². The van der Waals surface area contributed by atoms with Gasteiger partial charge in [-0.3, -0.25) is 4.79 Å². The molecule has 2 aromatic rings. The number of carbonyl (C=O) groups excluding carboxylic acids is 1. The maximum atomic E-state index is 12.5. The fourth-order valence-electron chi connectivity index (χ4n) is 2.49. The lowest BCUT2D eigenvalue weighted by atomic mass is 9.99. The lowest BCUT2D eigenvalue weighted by molar-refractivity contribution is 0.0734. The molecule has 0 fully saturated rings. The maximum Gasteiger partial charge on any atom is 0.254 e. The SMILES string of the molecule is Nc1cc(C(=O)N2CCc3ccccc3C2)cc(Cl)n1. The Labute approximate surface area is 122 Å². The predicted octanol–water partition coefficient (Wildman–Crippen LogP) is 2.52. The first kappa shape index (κ1) is 12.9. The van der Waals surface area contributed by atoms with E-state index in [2.05, 4.69) is 17.1 Å². The Bertz CT molecular complexity index is 652. The van der Waals surface area contributed by atoms with Gasteiger partial charge in [0, 0.05) is 18.7 Å². The molecule has 0 atom stereocenters. The van der Waals surface area contributed by atoms with E-state index in [9.17, 15) is 4.79 Å². The van der Waals surface area contributed by atoms with Crippen LogP contribution in [0.1, 0.15) is 21.5 Å². The van der Waals surface area contributed by atoms with E-state index in [0.29, 0.717) is 18.7 Å². The maximum absolute atomic E-state index is 12.5. The Morgan fingerprint density at radius 3 is 2.75 bits per heavy atom. The Morgan fingerprint density at radius 1 is 1.25 bits per heavy atom. The normalized spacial score (nSPS) is 13.9. The second-order valence-electron chi connectivity index (χ2n) is 4.85. The van der Waals surface area contributed by atoms with Crippen molar-refractivity contribution in [2.75, 3.05) is 12.3 Å². The number of carbonyl (C=O) groups is 1. The molecule has 0 spiro atoms. The van der Waals surface area contributed by atoms with Crippen molar-refractivity contribution in [3.63, 3.8) is 0 Å². The number of amides is 1. The number of nitrogens with two attached hydrogens (primary N) is 1. The smallest absolute Gasteiger partial charge is 0.254 e. The molecule has 5 heteroatoms. The van der Waals surface area contributed by atoms with E-state index < -0.39 is 0 Å². The lowest BCUT2D eigenvalue weighted by Crippen LogP contribution is -2.36. The second-order valence-corrected chi connectivity index (χ2v) is 5.24. The van der Waals surface area contributed by atoms with Gasteiger partial charge in [-0.2, -0.15) is 0 Å². The molecule has 20 heavy (non-hydrogen) atoms. The minimum Gasteiger partial charge on any atom is -0.384 e. The third kappa shape index (κ3) is 2.47. The fourth-order valence-corrected chi connectivity index (χ4v) is 2.71. The van der Waals surface area contributed by atoms with E-state index in [-0.39, 0.29) is 16.9 Å². The molecule has 1 aromatic heterocycles. The van der Waals surface area contributed by atoms with Crippen LogP contribution in [0.2, 0.25) is 5.15 Å². The number of anilines is 1. The van der Waals surface area contributed by atoms with Gasteiger partial charge in [0.15, 0.2) is 0 Å². The summed E-state index contributed by atoms with van der Waals surface area (Å²) in [7, 11) is 0. The molecule has 1 aliphatic rings. The van der Waals surface area contributed by atoms with Gasteiger partial charge in [-0.15, -0.1) is 0 Å². The number of benzene rings is 1. The van der Waals surface area contributed by atoms with Crippen molar-refractivity contribution in [3.8, 4) is 0 Å². The largest absolute Gasteiger partial charge is 0.384 e. The summed E-state index contributed by atoms with van der Waals surface area (Å²) in [5.74, 6) is 0.203. The summed E-state index contributed by atoms with van der Waals surface area (Å²) in [6, 6.07) is 11.3. The number of hydrogen-bond acceptors (Lipinski definition) is 3. The average molecular weight is 288 g/mol. The molecule has 0 radical (unpaired) electrons. The molecule has 3 rings (SSSR count). The van der Waals surface area contributed by atoms with Crippen LogP contribution in [0.15, 0.2) is 36.4 Å². The van der Waals surface area contributed by atoms with Gasteiger partial charge in [0.1, 0.15) is 11.0 Å². The van der Waals surface area contributed by atoms with Crippen molar-refractivity contribution >= 4 is 23.3 Å². The standard InChI is InChI=1S/C15H14ClN3O/c16-13-7-12(8-14(17)18-13)15(20)19-6-5-10-3-1-2-4-11(10)9-19/h1-4,7-8H,5-6,9H2,(H2,17,18). The van der Waals surface area contributed by atoms with Crippen molar-refractivity contribution in [3.05, 3.63) is 58.2 Å². The average Bonchev–Trinajstić information content (AvgIpc) is 2.45. The highest BCUT2D eigenvalue weighted by molar-refractivity contribution is 6.29. The summed E-state index contributed by atoms with van der Waals surface area (Å²) < 4.78 is 0. The third-order valence-corrected chi connectivity index (χ3v) is 3.67. The Hall–Kier alpha value is -2.07. The summed E-state index contributed by atoms with van der Waals surface area (Å²) in [5, 5.41) is 0.241. The molecule has 0 saturated carbocycles. The molecule has 2 heterocycles. The quantitative estimate of drug-likeness (QED) is 0.820. The zero-order valence-electron chi connectivity index (χ0n) is 10.8. The molecular formula is C15H14ClN3O. The number of nitrogens with zero attached hydrogens (tertiary/aromatic N) is 2. The van der Waals surface area contributed by atoms with Crippen LogP contribution in [0, 0.1) is 0 Å². The second kappa shape index (κ2) is 5.13. The third-order valence-electron chi connectivity index (χ3n) is 3.48. The van der Waals surface area contributed by atoms with E-state index in [4.69, 9.17) is 17.3 Å². The van der Waals surface area contributed by atoms with Crippen LogP contribution in [-0.2, 0) is 13.0 Å².